The van der Waals surface area contributed by atoms with E-state index in [1.807, 2.05) is 19.9 Å². The minimum atomic E-state index is -0.805. The Kier molecular flexibility index (Phi) is 8.06. The summed E-state index contributed by atoms with van der Waals surface area (Å²) in [6.07, 6.45) is 9.30. The van der Waals surface area contributed by atoms with Gasteiger partial charge in [0.25, 0.3) is 0 Å². The molecular formula is C34H48N2O4. The molecule has 0 unspecified atom stereocenters. The number of aliphatic hydroxyl groups is 1. The lowest BCUT2D eigenvalue weighted by Gasteiger charge is -2.55. The normalized spacial score (nSPS) is 32.2. The van der Waals surface area contributed by atoms with Crippen LogP contribution in [0.4, 0.5) is 5.69 Å². The minimum absolute atomic E-state index is 0.0357. The summed E-state index contributed by atoms with van der Waals surface area (Å²) in [6, 6.07) is 8.33. The fourth-order valence-electron chi connectivity index (χ4n) is 8.37. The third kappa shape index (κ3) is 5.07. The van der Waals surface area contributed by atoms with Crippen molar-refractivity contribution >= 4 is 17.4 Å². The van der Waals surface area contributed by atoms with Crippen molar-refractivity contribution in [2.45, 2.75) is 96.1 Å². The van der Waals surface area contributed by atoms with Gasteiger partial charge < -0.3 is 20.5 Å². The van der Waals surface area contributed by atoms with E-state index in [2.05, 4.69) is 50.2 Å². The second-order valence-electron chi connectivity index (χ2n) is 13.6. The number of carbonyl (C=O) groups excluding carboxylic acids is 2. The molecule has 0 spiro atoms. The standard InChI is InChI=1S/C34H48N2O4/c1-21(2)31(35)32(38)40-18-6-16-34(39)17-15-29-27-13-9-23-19-25(37)12-14-26(23)30(27)28(20-33(29,34)3)22-7-10-24(11-8-22)36(4)5/h7-8,10-11,19,21,27-29,31,39H,6,9,12-18,20,35H2,1-5H3/t27-,28+,29-,31-,33+,34+/m0/s1. The van der Waals surface area contributed by atoms with Gasteiger partial charge in [0.2, 0.25) is 0 Å². The Morgan fingerprint density at radius 1 is 1.15 bits per heavy atom. The predicted octanol–water partition coefficient (Wildman–Crippen LogP) is 5.69. The van der Waals surface area contributed by atoms with Crippen molar-refractivity contribution in [3.63, 3.8) is 0 Å². The lowest BCUT2D eigenvalue weighted by molar-refractivity contribution is -0.147. The van der Waals surface area contributed by atoms with Crippen molar-refractivity contribution in [3.05, 3.63) is 52.6 Å². The van der Waals surface area contributed by atoms with Gasteiger partial charge in [0.05, 0.1) is 12.2 Å². The van der Waals surface area contributed by atoms with Crippen molar-refractivity contribution < 1.29 is 19.4 Å². The number of ketones is 1. The zero-order valence-corrected chi connectivity index (χ0v) is 25.0. The average Bonchev–Trinajstić information content (AvgIpc) is 3.19. The SMILES string of the molecule is CC(C)[C@H](N)C(=O)OCCC[C@@]1(O)CC[C@H]2[C@@H]3CCC4=CC(=O)CCC4=C3[C@@H](c3ccc(N(C)C)cc3)C[C@]21C. The molecule has 5 rings (SSSR count). The first-order valence-electron chi connectivity index (χ1n) is 15.3. The number of nitrogens with two attached hydrogens (primary N) is 1. The van der Waals surface area contributed by atoms with E-state index in [0.717, 1.165) is 38.5 Å². The van der Waals surface area contributed by atoms with Crippen molar-refractivity contribution in [2.75, 3.05) is 25.6 Å². The molecule has 1 aromatic carbocycles. The second-order valence-corrected chi connectivity index (χ2v) is 13.6. The van der Waals surface area contributed by atoms with Gasteiger partial charge in [-0.2, -0.15) is 0 Å². The zero-order chi connectivity index (χ0) is 28.8. The summed E-state index contributed by atoms with van der Waals surface area (Å²) < 4.78 is 5.49. The molecule has 6 atom stereocenters. The maximum absolute atomic E-state index is 12.3. The van der Waals surface area contributed by atoms with Crippen molar-refractivity contribution in [1.29, 1.82) is 0 Å². The van der Waals surface area contributed by atoms with Gasteiger partial charge in [0, 0.05) is 37.5 Å². The third-order valence-electron chi connectivity index (χ3n) is 10.8. The Bertz CT molecular complexity index is 1200. The lowest BCUT2D eigenvalue weighted by atomic mass is 9.51. The molecule has 218 valence electrons. The van der Waals surface area contributed by atoms with Crippen molar-refractivity contribution in [2.24, 2.45) is 28.9 Å². The van der Waals surface area contributed by atoms with E-state index in [-0.39, 0.29) is 29.0 Å². The quantitative estimate of drug-likeness (QED) is 0.320. The van der Waals surface area contributed by atoms with Gasteiger partial charge in [-0.15, -0.1) is 0 Å². The first-order chi connectivity index (χ1) is 18.9. The molecule has 3 N–H and O–H groups in total. The summed E-state index contributed by atoms with van der Waals surface area (Å²) in [5.74, 6) is 0.997. The van der Waals surface area contributed by atoms with Gasteiger partial charge in [-0.1, -0.05) is 38.5 Å². The Balaban J connectivity index is 1.44. The van der Waals surface area contributed by atoms with Gasteiger partial charge in [-0.3, -0.25) is 9.59 Å². The van der Waals surface area contributed by atoms with Gasteiger partial charge in [-0.05, 0) is 104 Å². The summed E-state index contributed by atoms with van der Waals surface area (Å²) >= 11 is 0. The van der Waals surface area contributed by atoms with E-state index in [1.54, 1.807) is 5.57 Å². The van der Waals surface area contributed by atoms with Crippen LogP contribution in [0.1, 0.15) is 90.0 Å². The fourth-order valence-corrected chi connectivity index (χ4v) is 8.37. The molecule has 0 aromatic heterocycles. The Morgan fingerprint density at radius 3 is 2.55 bits per heavy atom. The number of ether oxygens (including phenoxy) is 1. The van der Waals surface area contributed by atoms with Gasteiger partial charge >= 0.3 is 5.97 Å². The number of nitrogens with zero attached hydrogens (tertiary/aromatic N) is 1. The minimum Gasteiger partial charge on any atom is -0.465 e. The van der Waals surface area contributed by atoms with Crippen LogP contribution in [-0.4, -0.2) is 49.2 Å². The van der Waals surface area contributed by atoms with Crippen LogP contribution in [0.25, 0.3) is 0 Å². The molecule has 0 heterocycles. The summed E-state index contributed by atoms with van der Waals surface area (Å²) in [4.78, 5) is 26.7. The predicted molar refractivity (Wildman–Crippen MR) is 159 cm³/mol. The molecule has 2 fully saturated rings. The highest BCUT2D eigenvalue weighted by Gasteiger charge is 2.62. The van der Waals surface area contributed by atoms with E-state index in [1.165, 1.54) is 22.4 Å². The molecule has 1 aromatic rings. The molecule has 0 radical (unpaired) electrons. The molecule has 0 saturated heterocycles. The zero-order valence-electron chi connectivity index (χ0n) is 25.0. The van der Waals surface area contributed by atoms with E-state index in [9.17, 15) is 14.7 Å². The molecule has 6 nitrogen and oxygen atoms in total. The molecule has 2 saturated carbocycles. The van der Waals surface area contributed by atoms with Crippen LogP contribution < -0.4 is 10.6 Å². The first-order valence-corrected chi connectivity index (χ1v) is 15.3. The number of hydrogen-bond donors (Lipinski definition) is 2. The number of anilines is 1. The largest absolute Gasteiger partial charge is 0.465 e. The molecule has 0 amide bonds. The number of esters is 1. The first kappa shape index (κ1) is 29.1. The molecule has 0 aliphatic heterocycles. The van der Waals surface area contributed by atoms with Gasteiger partial charge in [-0.25, -0.2) is 0 Å². The number of benzene rings is 1. The molecule has 0 bridgehead atoms. The number of carbonyl (C=O) groups is 2. The summed E-state index contributed by atoms with van der Waals surface area (Å²) in [5, 5.41) is 12.3. The number of rotatable bonds is 8. The maximum atomic E-state index is 12.3. The van der Waals surface area contributed by atoms with Gasteiger partial charge in [0.15, 0.2) is 5.78 Å². The van der Waals surface area contributed by atoms with Crippen LogP contribution in [0.5, 0.6) is 0 Å². The highest BCUT2D eigenvalue weighted by molar-refractivity contribution is 5.93. The van der Waals surface area contributed by atoms with Crippen LogP contribution in [0.3, 0.4) is 0 Å². The van der Waals surface area contributed by atoms with E-state index < -0.39 is 11.6 Å². The van der Waals surface area contributed by atoms with E-state index in [4.69, 9.17) is 10.5 Å². The van der Waals surface area contributed by atoms with E-state index in [0.29, 0.717) is 37.7 Å². The topological polar surface area (TPSA) is 92.9 Å². The Labute approximate surface area is 240 Å². The fraction of sp³-hybridized carbons (Fsp3) is 0.647. The smallest absolute Gasteiger partial charge is 0.323 e. The summed E-state index contributed by atoms with van der Waals surface area (Å²) in [5.41, 5.74) is 11.6. The molecule has 40 heavy (non-hydrogen) atoms. The average molecular weight is 549 g/mol. The van der Waals surface area contributed by atoms with Crippen LogP contribution in [-0.2, 0) is 14.3 Å². The Hall–Kier alpha value is -2.44. The molecule has 6 heteroatoms. The van der Waals surface area contributed by atoms with E-state index >= 15 is 0 Å². The van der Waals surface area contributed by atoms with Crippen LogP contribution in [0.2, 0.25) is 0 Å². The molecular weight excluding hydrogens is 500 g/mol. The van der Waals surface area contributed by atoms with Crippen LogP contribution >= 0.6 is 0 Å². The lowest BCUT2D eigenvalue weighted by Crippen LogP contribution is -2.51. The summed E-state index contributed by atoms with van der Waals surface area (Å²) in [6.45, 7) is 6.45. The second kappa shape index (κ2) is 11.1. The number of fused-ring (bicyclic) bond motifs is 4. The van der Waals surface area contributed by atoms with Crippen LogP contribution in [0, 0.1) is 23.2 Å². The number of hydrogen-bond acceptors (Lipinski definition) is 6. The third-order valence-corrected chi connectivity index (χ3v) is 10.8. The monoisotopic (exact) mass is 548 g/mol. The van der Waals surface area contributed by atoms with Crippen molar-refractivity contribution in [3.8, 4) is 0 Å². The highest BCUT2D eigenvalue weighted by Crippen LogP contribution is 2.67. The number of allylic oxidation sites excluding steroid dienone is 4. The molecule has 4 aliphatic rings. The van der Waals surface area contributed by atoms with Gasteiger partial charge in [0.1, 0.15) is 6.04 Å². The Morgan fingerprint density at radius 2 is 1.88 bits per heavy atom. The maximum Gasteiger partial charge on any atom is 0.323 e. The highest BCUT2D eigenvalue weighted by atomic mass is 16.5. The summed E-state index contributed by atoms with van der Waals surface area (Å²) in [7, 11) is 4.12. The molecule has 4 aliphatic carbocycles. The van der Waals surface area contributed by atoms with Crippen LogP contribution in [0.15, 0.2) is 47.1 Å². The van der Waals surface area contributed by atoms with Crippen molar-refractivity contribution in [1.82, 2.24) is 0 Å².